The average Bonchev–Trinajstić information content (AvgIpc) is 2.56. The predicted octanol–water partition coefficient (Wildman–Crippen LogP) is 0.222. The van der Waals surface area contributed by atoms with Gasteiger partial charge in [-0.05, 0) is 28.1 Å². The summed E-state index contributed by atoms with van der Waals surface area (Å²) in [7, 11) is 8.23. The summed E-state index contributed by atoms with van der Waals surface area (Å²) >= 11 is 0. The number of nitrogens with zero attached hydrogens (tertiary/aromatic N) is 4. The van der Waals surface area contributed by atoms with Gasteiger partial charge >= 0.3 is 0 Å². The van der Waals surface area contributed by atoms with Crippen molar-refractivity contribution in [2.75, 3.05) is 40.8 Å². The first kappa shape index (κ1) is 14.2. The largest absolute Gasteiger partial charge is 0.329 e. The maximum absolute atomic E-state index is 5.90. The molecule has 0 aromatic carbocycles. The van der Waals surface area contributed by atoms with Gasteiger partial charge in [0.15, 0.2) is 0 Å². The second kappa shape index (κ2) is 6.14. The second-order valence-electron chi connectivity index (χ2n) is 4.88. The van der Waals surface area contributed by atoms with Gasteiger partial charge in [-0.15, -0.1) is 0 Å². The van der Waals surface area contributed by atoms with Crippen LogP contribution in [0.5, 0.6) is 0 Å². The minimum Gasteiger partial charge on any atom is -0.329 e. The van der Waals surface area contributed by atoms with Gasteiger partial charge in [0.1, 0.15) is 0 Å². The molecule has 1 unspecified atom stereocenters. The van der Waals surface area contributed by atoms with Gasteiger partial charge in [-0.25, -0.2) is 0 Å². The maximum Gasteiger partial charge on any atom is 0.0641 e. The third kappa shape index (κ3) is 3.80. The Hall–Kier alpha value is -0.910. The van der Waals surface area contributed by atoms with Crippen molar-refractivity contribution in [3.63, 3.8) is 0 Å². The van der Waals surface area contributed by atoms with Crippen LogP contribution in [-0.4, -0.2) is 60.4 Å². The highest BCUT2D eigenvalue weighted by Crippen LogP contribution is 2.20. The molecule has 0 bridgehead atoms. The van der Waals surface area contributed by atoms with E-state index in [-0.39, 0.29) is 6.04 Å². The predicted molar refractivity (Wildman–Crippen MR) is 70.9 cm³/mol. The minimum absolute atomic E-state index is 0.253. The molecule has 1 aromatic heterocycles. The fourth-order valence-corrected chi connectivity index (χ4v) is 2.00. The number of hydrogen-bond acceptors (Lipinski definition) is 4. The van der Waals surface area contributed by atoms with Crippen molar-refractivity contribution in [3.8, 4) is 0 Å². The molecule has 5 heteroatoms. The van der Waals surface area contributed by atoms with Crippen molar-refractivity contribution < 1.29 is 0 Å². The van der Waals surface area contributed by atoms with Crippen LogP contribution in [0.1, 0.15) is 17.3 Å². The molecule has 0 aliphatic carbocycles. The van der Waals surface area contributed by atoms with Crippen molar-refractivity contribution in [1.29, 1.82) is 0 Å². The van der Waals surface area contributed by atoms with E-state index in [0.717, 1.165) is 18.8 Å². The highest BCUT2D eigenvalue weighted by Gasteiger charge is 2.19. The summed E-state index contributed by atoms with van der Waals surface area (Å²) in [5, 5.41) is 4.38. The molecule has 0 saturated carbocycles. The highest BCUT2D eigenvalue weighted by molar-refractivity contribution is 5.20. The van der Waals surface area contributed by atoms with E-state index in [4.69, 9.17) is 5.73 Å². The van der Waals surface area contributed by atoms with Gasteiger partial charge in [-0.1, -0.05) is 0 Å². The summed E-state index contributed by atoms with van der Waals surface area (Å²) < 4.78 is 1.85. The Bertz CT molecular complexity index is 345. The van der Waals surface area contributed by atoms with Crippen molar-refractivity contribution in [2.24, 2.45) is 12.8 Å². The first-order valence-electron chi connectivity index (χ1n) is 6.01. The van der Waals surface area contributed by atoms with Crippen LogP contribution in [0.15, 0.2) is 6.20 Å². The topological polar surface area (TPSA) is 50.3 Å². The standard InChI is InChI=1S/C12H25N5/c1-10-11(9-17(5)14-10)12(8-13)16(4)7-6-15(2)3/h9,12H,6-8,13H2,1-5H3. The normalized spacial score (nSPS) is 13.6. The molecule has 0 amide bonds. The summed E-state index contributed by atoms with van der Waals surface area (Å²) in [5.41, 5.74) is 8.20. The van der Waals surface area contributed by atoms with E-state index in [2.05, 4.69) is 42.2 Å². The van der Waals surface area contributed by atoms with Gasteiger partial charge < -0.3 is 10.6 Å². The SMILES string of the molecule is Cc1nn(C)cc1C(CN)N(C)CCN(C)C. The molecule has 0 aliphatic heterocycles. The third-order valence-corrected chi connectivity index (χ3v) is 3.07. The maximum atomic E-state index is 5.90. The summed E-state index contributed by atoms with van der Waals surface area (Å²) in [6.07, 6.45) is 2.07. The summed E-state index contributed by atoms with van der Waals surface area (Å²) in [6.45, 7) is 4.70. The zero-order valence-corrected chi connectivity index (χ0v) is 11.6. The number of aryl methyl sites for hydroxylation is 2. The zero-order chi connectivity index (χ0) is 13.0. The fraction of sp³-hybridized carbons (Fsp3) is 0.750. The van der Waals surface area contributed by atoms with Crippen molar-refractivity contribution >= 4 is 0 Å². The first-order valence-corrected chi connectivity index (χ1v) is 6.01. The molecule has 1 atom stereocenters. The molecular weight excluding hydrogens is 214 g/mol. The zero-order valence-electron chi connectivity index (χ0n) is 11.6. The Morgan fingerprint density at radius 1 is 1.35 bits per heavy atom. The Labute approximate surface area is 104 Å². The van der Waals surface area contributed by atoms with E-state index in [1.54, 1.807) is 0 Å². The van der Waals surface area contributed by atoms with Crippen LogP contribution in [0.25, 0.3) is 0 Å². The number of rotatable bonds is 6. The molecule has 2 N–H and O–H groups in total. The molecule has 1 heterocycles. The van der Waals surface area contributed by atoms with Crippen LogP contribution in [0.2, 0.25) is 0 Å². The minimum atomic E-state index is 0.253. The Morgan fingerprint density at radius 3 is 2.41 bits per heavy atom. The van der Waals surface area contributed by atoms with Crippen molar-refractivity contribution in [3.05, 3.63) is 17.5 Å². The smallest absolute Gasteiger partial charge is 0.0641 e. The van der Waals surface area contributed by atoms with E-state index in [1.807, 2.05) is 18.7 Å². The fourth-order valence-electron chi connectivity index (χ4n) is 2.00. The Kier molecular flexibility index (Phi) is 5.11. The van der Waals surface area contributed by atoms with E-state index in [0.29, 0.717) is 6.54 Å². The van der Waals surface area contributed by atoms with E-state index in [9.17, 15) is 0 Å². The van der Waals surface area contributed by atoms with Crippen LogP contribution >= 0.6 is 0 Å². The first-order chi connectivity index (χ1) is 7.95. The molecule has 0 aliphatic rings. The molecule has 0 saturated heterocycles. The second-order valence-corrected chi connectivity index (χ2v) is 4.88. The lowest BCUT2D eigenvalue weighted by atomic mass is 10.1. The molecule has 17 heavy (non-hydrogen) atoms. The van der Waals surface area contributed by atoms with Crippen LogP contribution in [-0.2, 0) is 7.05 Å². The number of likely N-dealkylation sites (N-methyl/N-ethyl adjacent to an activating group) is 2. The third-order valence-electron chi connectivity index (χ3n) is 3.07. The molecule has 1 aromatic rings. The molecule has 0 radical (unpaired) electrons. The van der Waals surface area contributed by atoms with Crippen molar-refractivity contribution in [2.45, 2.75) is 13.0 Å². The lowest BCUT2D eigenvalue weighted by Crippen LogP contribution is -2.35. The van der Waals surface area contributed by atoms with Crippen LogP contribution in [0.3, 0.4) is 0 Å². The van der Waals surface area contributed by atoms with Gasteiger partial charge in [-0.2, -0.15) is 5.10 Å². The van der Waals surface area contributed by atoms with Crippen LogP contribution in [0, 0.1) is 6.92 Å². The Morgan fingerprint density at radius 2 is 2.00 bits per heavy atom. The lowest BCUT2D eigenvalue weighted by molar-refractivity contribution is 0.222. The number of hydrogen-bond donors (Lipinski definition) is 1. The summed E-state index contributed by atoms with van der Waals surface area (Å²) in [5.74, 6) is 0. The highest BCUT2D eigenvalue weighted by atomic mass is 15.3. The summed E-state index contributed by atoms with van der Waals surface area (Å²) in [6, 6.07) is 0.253. The lowest BCUT2D eigenvalue weighted by Gasteiger charge is -2.27. The van der Waals surface area contributed by atoms with Gasteiger partial charge in [0.2, 0.25) is 0 Å². The molecule has 0 fully saturated rings. The van der Waals surface area contributed by atoms with Gasteiger partial charge in [-0.3, -0.25) is 9.58 Å². The molecule has 98 valence electrons. The van der Waals surface area contributed by atoms with Crippen molar-refractivity contribution in [1.82, 2.24) is 19.6 Å². The average molecular weight is 239 g/mol. The van der Waals surface area contributed by atoms with Gasteiger partial charge in [0, 0.05) is 38.4 Å². The number of aromatic nitrogens is 2. The van der Waals surface area contributed by atoms with Crippen LogP contribution in [0.4, 0.5) is 0 Å². The van der Waals surface area contributed by atoms with E-state index in [1.165, 1.54) is 5.56 Å². The number of nitrogens with two attached hydrogens (primary N) is 1. The molecule has 1 rings (SSSR count). The molecular formula is C12H25N5. The molecule has 5 nitrogen and oxygen atoms in total. The van der Waals surface area contributed by atoms with Crippen LogP contribution < -0.4 is 5.73 Å². The quantitative estimate of drug-likeness (QED) is 0.771. The van der Waals surface area contributed by atoms with E-state index < -0.39 is 0 Å². The van der Waals surface area contributed by atoms with Gasteiger partial charge in [0.25, 0.3) is 0 Å². The van der Waals surface area contributed by atoms with Gasteiger partial charge in [0.05, 0.1) is 11.7 Å². The monoisotopic (exact) mass is 239 g/mol. The van der Waals surface area contributed by atoms with E-state index >= 15 is 0 Å². The Balaban J connectivity index is 2.73. The summed E-state index contributed by atoms with van der Waals surface area (Å²) in [4.78, 5) is 4.48. The molecule has 0 spiro atoms.